The summed E-state index contributed by atoms with van der Waals surface area (Å²) in [6, 6.07) is 0. The van der Waals surface area contributed by atoms with Gasteiger partial charge in [0.2, 0.25) is 0 Å². The van der Waals surface area contributed by atoms with E-state index in [0.717, 1.165) is 38.6 Å². The zero-order chi connectivity index (χ0) is 13.7. The van der Waals surface area contributed by atoms with Crippen LogP contribution >= 0.6 is 0 Å². The zero-order valence-electron chi connectivity index (χ0n) is 11.3. The molecule has 1 aliphatic rings. The van der Waals surface area contributed by atoms with Crippen LogP contribution in [-0.4, -0.2) is 32.9 Å². The maximum absolute atomic E-state index is 12.6. The molecule has 0 aromatic carbocycles. The Kier molecular flexibility index (Phi) is 4.20. The number of aromatic nitrogens is 2. The fourth-order valence-electron chi connectivity index (χ4n) is 2.97. The standard InChI is InChI=1S/C15H21N3O/c1-3-7-15(8-4-2)9-5-6-12-18(15)14(19)13-16-10-11-17-13/h3-4,10-11H,1-2,5-9,12H2,(H,16,17). The van der Waals surface area contributed by atoms with Gasteiger partial charge in [0.05, 0.1) is 5.54 Å². The van der Waals surface area contributed by atoms with Crippen LogP contribution in [0.5, 0.6) is 0 Å². The molecule has 0 bridgehead atoms. The van der Waals surface area contributed by atoms with Crippen LogP contribution in [0.3, 0.4) is 0 Å². The fourth-order valence-corrected chi connectivity index (χ4v) is 2.97. The van der Waals surface area contributed by atoms with Gasteiger partial charge in [-0.05, 0) is 32.1 Å². The summed E-state index contributed by atoms with van der Waals surface area (Å²) in [6.07, 6.45) is 11.9. The van der Waals surface area contributed by atoms with E-state index < -0.39 is 0 Å². The molecule has 19 heavy (non-hydrogen) atoms. The predicted molar refractivity (Wildman–Crippen MR) is 75.8 cm³/mol. The molecular weight excluding hydrogens is 238 g/mol. The van der Waals surface area contributed by atoms with Crippen LogP contribution < -0.4 is 0 Å². The summed E-state index contributed by atoms with van der Waals surface area (Å²) >= 11 is 0. The van der Waals surface area contributed by atoms with E-state index in [0.29, 0.717) is 5.82 Å². The number of carbonyl (C=O) groups is 1. The van der Waals surface area contributed by atoms with Crippen molar-refractivity contribution in [1.82, 2.24) is 14.9 Å². The molecule has 1 aromatic heterocycles. The minimum absolute atomic E-state index is 0.0200. The quantitative estimate of drug-likeness (QED) is 0.826. The van der Waals surface area contributed by atoms with Crippen molar-refractivity contribution in [2.75, 3.05) is 6.54 Å². The third-order valence-electron chi connectivity index (χ3n) is 3.84. The molecule has 0 saturated carbocycles. The van der Waals surface area contributed by atoms with Crippen LogP contribution in [0.15, 0.2) is 37.7 Å². The minimum atomic E-state index is -0.175. The van der Waals surface area contributed by atoms with Crippen molar-refractivity contribution in [3.05, 3.63) is 43.5 Å². The van der Waals surface area contributed by atoms with Crippen molar-refractivity contribution in [2.45, 2.75) is 37.6 Å². The Bertz CT molecular complexity index is 440. The molecule has 0 atom stereocenters. The second-order valence-corrected chi connectivity index (χ2v) is 5.06. The summed E-state index contributed by atoms with van der Waals surface area (Å²) < 4.78 is 0. The maximum Gasteiger partial charge on any atom is 0.290 e. The van der Waals surface area contributed by atoms with Crippen molar-refractivity contribution < 1.29 is 4.79 Å². The number of likely N-dealkylation sites (tertiary alicyclic amines) is 1. The van der Waals surface area contributed by atoms with Gasteiger partial charge in [-0.15, -0.1) is 13.2 Å². The fraction of sp³-hybridized carbons (Fsp3) is 0.467. The lowest BCUT2D eigenvalue weighted by atomic mass is 9.80. The summed E-state index contributed by atoms with van der Waals surface area (Å²) in [7, 11) is 0. The zero-order valence-corrected chi connectivity index (χ0v) is 11.3. The Labute approximate surface area is 114 Å². The summed E-state index contributed by atoms with van der Waals surface area (Å²) in [5.74, 6) is 0.396. The van der Waals surface area contributed by atoms with Gasteiger partial charge in [0.1, 0.15) is 0 Å². The van der Waals surface area contributed by atoms with E-state index in [1.807, 2.05) is 17.1 Å². The number of nitrogens with one attached hydrogen (secondary N) is 1. The van der Waals surface area contributed by atoms with Gasteiger partial charge in [0.25, 0.3) is 5.91 Å². The number of rotatable bonds is 5. The molecule has 4 heteroatoms. The van der Waals surface area contributed by atoms with Crippen LogP contribution in [0.2, 0.25) is 0 Å². The van der Waals surface area contributed by atoms with Gasteiger partial charge in [-0.1, -0.05) is 12.2 Å². The number of hydrogen-bond donors (Lipinski definition) is 1. The normalized spacial score (nSPS) is 18.0. The molecule has 102 valence electrons. The summed E-state index contributed by atoms with van der Waals surface area (Å²) in [4.78, 5) is 21.5. The van der Waals surface area contributed by atoms with E-state index in [1.165, 1.54) is 0 Å². The van der Waals surface area contributed by atoms with E-state index in [9.17, 15) is 4.79 Å². The van der Waals surface area contributed by atoms with Gasteiger partial charge < -0.3 is 9.88 Å². The molecule has 1 saturated heterocycles. The number of hydrogen-bond acceptors (Lipinski definition) is 2. The summed E-state index contributed by atoms with van der Waals surface area (Å²) in [5.41, 5.74) is -0.175. The lowest BCUT2D eigenvalue weighted by molar-refractivity contribution is 0.0319. The third-order valence-corrected chi connectivity index (χ3v) is 3.84. The second-order valence-electron chi connectivity index (χ2n) is 5.06. The first-order chi connectivity index (χ1) is 9.23. The van der Waals surface area contributed by atoms with Crippen molar-refractivity contribution in [3.8, 4) is 0 Å². The van der Waals surface area contributed by atoms with Crippen molar-refractivity contribution in [3.63, 3.8) is 0 Å². The largest absolute Gasteiger partial charge is 0.341 e. The van der Waals surface area contributed by atoms with Gasteiger partial charge in [-0.25, -0.2) is 4.98 Å². The number of carbonyl (C=O) groups excluding carboxylic acids is 1. The lowest BCUT2D eigenvalue weighted by Gasteiger charge is -2.46. The number of amides is 1. The molecule has 1 N–H and O–H groups in total. The molecule has 0 spiro atoms. The first-order valence-corrected chi connectivity index (χ1v) is 6.77. The molecule has 2 rings (SSSR count). The van der Waals surface area contributed by atoms with E-state index in [-0.39, 0.29) is 11.4 Å². The van der Waals surface area contributed by atoms with Gasteiger partial charge in [0, 0.05) is 18.9 Å². The molecule has 1 fully saturated rings. The molecule has 1 amide bonds. The Morgan fingerprint density at radius 3 is 2.74 bits per heavy atom. The highest BCUT2D eigenvalue weighted by Gasteiger charge is 2.40. The Morgan fingerprint density at radius 2 is 2.16 bits per heavy atom. The number of nitrogens with zero attached hydrogens (tertiary/aromatic N) is 2. The monoisotopic (exact) mass is 259 g/mol. The molecule has 1 aliphatic heterocycles. The maximum atomic E-state index is 12.6. The minimum Gasteiger partial charge on any atom is -0.341 e. The molecular formula is C15H21N3O. The van der Waals surface area contributed by atoms with Crippen LogP contribution in [-0.2, 0) is 0 Å². The van der Waals surface area contributed by atoms with Gasteiger partial charge >= 0.3 is 0 Å². The molecule has 0 aliphatic carbocycles. The third kappa shape index (κ3) is 2.62. The van der Waals surface area contributed by atoms with Crippen LogP contribution in [0.1, 0.15) is 42.7 Å². The average Bonchev–Trinajstić information content (AvgIpc) is 2.93. The Morgan fingerprint density at radius 1 is 1.42 bits per heavy atom. The highest BCUT2D eigenvalue weighted by atomic mass is 16.2. The van der Waals surface area contributed by atoms with Gasteiger partial charge in [-0.2, -0.15) is 0 Å². The highest BCUT2D eigenvalue weighted by Crippen LogP contribution is 2.35. The van der Waals surface area contributed by atoms with E-state index in [4.69, 9.17) is 0 Å². The van der Waals surface area contributed by atoms with Gasteiger partial charge in [0.15, 0.2) is 5.82 Å². The van der Waals surface area contributed by atoms with Crippen molar-refractivity contribution in [2.24, 2.45) is 0 Å². The molecule has 0 unspecified atom stereocenters. The Balaban J connectivity index is 2.30. The molecule has 4 nitrogen and oxygen atoms in total. The van der Waals surface area contributed by atoms with Crippen LogP contribution in [0.4, 0.5) is 0 Å². The van der Waals surface area contributed by atoms with Crippen LogP contribution in [0, 0.1) is 0 Å². The first kappa shape index (κ1) is 13.6. The molecule has 1 aromatic rings. The summed E-state index contributed by atoms with van der Waals surface area (Å²) in [6.45, 7) is 8.46. The van der Waals surface area contributed by atoms with E-state index in [2.05, 4.69) is 23.1 Å². The number of imidazole rings is 1. The summed E-state index contributed by atoms with van der Waals surface area (Å²) in [5, 5.41) is 0. The highest BCUT2D eigenvalue weighted by molar-refractivity contribution is 5.91. The van der Waals surface area contributed by atoms with Gasteiger partial charge in [-0.3, -0.25) is 4.79 Å². The number of aromatic amines is 1. The van der Waals surface area contributed by atoms with Crippen molar-refractivity contribution in [1.29, 1.82) is 0 Å². The number of piperidine rings is 1. The Hall–Kier alpha value is -1.84. The van der Waals surface area contributed by atoms with E-state index in [1.54, 1.807) is 12.4 Å². The van der Waals surface area contributed by atoms with Crippen LogP contribution in [0.25, 0.3) is 0 Å². The second kappa shape index (κ2) is 5.87. The average molecular weight is 259 g/mol. The first-order valence-electron chi connectivity index (χ1n) is 6.77. The van der Waals surface area contributed by atoms with Crippen molar-refractivity contribution >= 4 is 5.91 Å². The predicted octanol–water partition coefficient (Wildman–Crippen LogP) is 2.93. The smallest absolute Gasteiger partial charge is 0.290 e. The molecule has 2 heterocycles. The SMILES string of the molecule is C=CCC1(CC=C)CCCCN1C(=O)c1ncc[nH]1. The van der Waals surface area contributed by atoms with E-state index >= 15 is 0 Å². The number of H-pyrrole nitrogens is 1. The lowest BCUT2D eigenvalue weighted by Crippen LogP contribution is -2.54. The topological polar surface area (TPSA) is 49.0 Å². The molecule has 0 radical (unpaired) electrons.